The summed E-state index contributed by atoms with van der Waals surface area (Å²) in [7, 11) is 1.54. The van der Waals surface area contributed by atoms with Crippen LogP contribution in [0.3, 0.4) is 0 Å². The molecule has 0 aliphatic heterocycles. The van der Waals surface area contributed by atoms with E-state index in [1.165, 1.54) is 18.4 Å². The fourth-order valence-electron chi connectivity index (χ4n) is 1.73. The maximum Gasteiger partial charge on any atom is 0.320 e. The Balaban J connectivity index is 2.23. The summed E-state index contributed by atoms with van der Waals surface area (Å²) in [6.07, 6.45) is 1.39. The van der Waals surface area contributed by atoms with Gasteiger partial charge >= 0.3 is 6.03 Å². The van der Waals surface area contributed by atoms with Crippen molar-refractivity contribution < 1.29 is 9.59 Å². The number of nitrogens with zero attached hydrogens (tertiary/aromatic N) is 1. The zero-order valence-corrected chi connectivity index (χ0v) is 9.98. The van der Waals surface area contributed by atoms with Crippen LogP contribution in [0.25, 0.3) is 0 Å². The third-order valence-electron chi connectivity index (χ3n) is 2.47. The number of Topliss-reactive ketones (excluding diaryl/α,β-unsaturated/α-hetero) is 1. The van der Waals surface area contributed by atoms with Gasteiger partial charge in [0.05, 0.1) is 10.6 Å². The van der Waals surface area contributed by atoms with E-state index in [0.29, 0.717) is 22.3 Å². The van der Waals surface area contributed by atoms with E-state index in [0.717, 1.165) is 12.1 Å². The molecule has 1 unspecified atom stereocenters. The number of nitrogens with one attached hydrogen (secondary N) is 2. The molecule has 1 aliphatic rings. The Morgan fingerprint density at radius 3 is 2.94 bits per heavy atom. The first-order valence-electron chi connectivity index (χ1n) is 5.11. The predicted molar refractivity (Wildman–Crippen MR) is 62.0 cm³/mol. The zero-order chi connectivity index (χ0) is 11.7. The quantitative estimate of drug-likeness (QED) is 0.783. The highest BCUT2D eigenvalue weighted by Crippen LogP contribution is 2.31. The monoisotopic (exact) mass is 239 g/mol. The second-order valence-corrected chi connectivity index (χ2v) is 4.93. The Labute approximate surface area is 97.3 Å². The van der Waals surface area contributed by atoms with Crippen molar-refractivity contribution in [2.24, 2.45) is 5.92 Å². The van der Waals surface area contributed by atoms with Crippen LogP contribution in [0.1, 0.15) is 28.7 Å². The molecule has 2 N–H and O–H groups in total. The molecule has 0 saturated heterocycles. The van der Waals surface area contributed by atoms with Gasteiger partial charge in [0.25, 0.3) is 0 Å². The topological polar surface area (TPSA) is 71.1 Å². The number of hydrogen-bond acceptors (Lipinski definition) is 4. The van der Waals surface area contributed by atoms with Crippen LogP contribution >= 0.6 is 11.3 Å². The molecule has 1 atom stereocenters. The number of fused-ring (bicyclic) bond motifs is 1. The summed E-state index contributed by atoms with van der Waals surface area (Å²) in [5.74, 6) is 0.478. The van der Waals surface area contributed by atoms with Crippen LogP contribution in [-0.4, -0.2) is 23.8 Å². The van der Waals surface area contributed by atoms with Crippen LogP contribution in [-0.2, 0) is 6.42 Å². The normalized spacial score (nSPS) is 19.1. The number of anilines is 1. The van der Waals surface area contributed by atoms with Gasteiger partial charge in [-0.25, -0.2) is 9.78 Å². The molecule has 5 nitrogen and oxygen atoms in total. The Kier molecular flexibility index (Phi) is 2.91. The van der Waals surface area contributed by atoms with E-state index >= 15 is 0 Å². The van der Waals surface area contributed by atoms with Gasteiger partial charge in [-0.1, -0.05) is 18.3 Å². The van der Waals surface area contributed by atoms with Crippen molar-refractivity contribution in [3.63, 3.8) is 0 Å². The lowest BCUT2D eigenvalue weighted by Crippen LogP contribution is -2.24. The van der Waals surface area contributed by atoms with Crippen molar-refractivity contribution in [1.82, 2.24) is 10.3 Å². The van der Waals surface area contributed by atoms with Crippen molar-refractivity contribution in [2.45, 2.75) is 19.8 Å². The van der Waals surface area contributed by atoms with Crippen molar-refractivity contribution in [1.29, 1.82) is 0 Å². The van der Waals surface area contributed by atoms with Crippen LogP contribution in [0.15, 0.2) is 0 Å². The lowest BCUT2D eigenvalue weighted by Gasteiger charge is -2.14. The molecule has 16 heavy (non-hydrogen) atoms. The molecule has 0 spiro atoms. The molecular weight excluding hydrogens is 226 g/mol. The van der Waals surface area contributed by atoms with Gasteiger partial charge in [-0.2, -0.15) is 0 Å². The van der Waals surface area contributed by atoms with E-state index < -0.39 is 0 Å². The van der Waals surface area contributed by atoms with Gasteiger partial charge in [0.2, 0.25) is 0 Å². The second kappa shape index (κ2) is 4.21. The summed E-state index contributed by atoms with van der Waals surface area (Å²) in [6.45, 7) is 2.03. The number of ketones is 1. The van der Waals surface area contributed by atoms with E-state index in [4.69, 9.17) is 0 Å². The summed E-state index contributed by atoms with van der Waals surface area (Å²) in [5.41, 5.74) is 0.820. The van der Waals surface area contributed by atoms with Gasteiger partial charge in [-0.15, -0.1) is 0 Å². The molecular formula is C10H13N3O2S. The number of amides is 2. The molecule has 6 heteroatoms. The molecule has 2 amide bonds. The van der Waals surface area contributed by atoms with E-state index in [1.807, 2.05) is 6.92 Å². The smallest absolute Gasteiger partial charge is 0.320 e. The first kappa shape index (κ1) is 11.1. The zero-order valence-electron chi connectivity index (χ0n) is 9.16. The lowest BCUT2D eigenvalue weighted by atomic mass is 9.92. The van der Waals surface area contributed by atoms with Gasteiger partial charge in [0.15, 0.2) is 10.9 Å². The molecule has 1 heterocycles. The third-order valence-corrected chi connectivity index (χ3v) is 3.53. The molecule has 1 aromatic heterocycles. The molecule has 0 aromatic carbocycles. The maximum atomic E-state index is 11.7. The van der Waals surface area contributed by atoms with Crippen LogP contribution in [0.5, 0.6) is 0 Å². The van der Waals surface area contributed by atoms with Crippen molar-refractivity contribution in [3.05, 3.63) is 10.6 Å². The summed E-state index contributed by atoms with van der Waals surface area (Å²) in [4.78, 5) is 27.8. The Morgan fingerprint density at radius 1 is 1.50 bits per heavy atom. The first-order valence-corrected chi connectivity index (χ1v) is 5.93. The fourth-order valence-corrected chi connectivity index (χ4v) is 2.67. The molecule has 0 saturated carbocycles. The SMILES string of the molecule is CNC(=O)Nc1nc2c(s1)C(=O)CC(C)C2. The predicted octanol–water partition coefficient (Wildman–Crippen LogP) is 1.66. The number of rotatable bonds is 1. The van der Waals surface area contributed by atoms with Crippen LogP contribution in [0, 0.1) is 5.92 Å². The van der Waals surface area contributed by atoms with Crippen LogP contribution < -0.4 is 10.6 Å². The second-order valence-electron chi connectivity index (χ2n) is 3.94. The van der Waals surface area contributed by atoms with Crippen molar-refractivity contribution >= 4 is 28.3 Å². The Hall–Kier alpha value is -1.43. The van der Waals surface area contributed by atoms with Gasteiger partial charge in [-0.05, 0) is 12.3 Å². The summed E-state index contributed by atoms with van der Waals surface area (Å²) < 4.78 is 0. The average molecular weight is 239 g/mol. The minimum Gasteiger partial charge on any atom is -0.341 e. The summed E-state index contributed by atoms with van der Waals surface area (Å²) in [6, 6.07) is -0.313. The lowest BCUT2D eigenvalue weighted by molar-refractivity contribution is 0.0957. The van der Waals surface area contributed by atoms with Gasteiger partial charge in [-0.3, -0.25) is 10.1 Å². The van der Waals surface area contributed by atoms with Gasteiger partial charge in [0, 0.05) is 13.5 Å². The summed E-state index contributed by atoms with van der Waals surface area (Å²) in [5, 5.41) is 5.53. The molecule has 0 fully saturated rings. The average Bonchev–Trinajstić information content (AvgIpc) is 2.60. The molecule has 2 rings (SSSR count). The summed E-state index contributed by atoms with van der Waals surface area (Å²) >= 11 is 1.26. The van der Waals surface area contributed by atoms with Crippen LogP contribution in [0.4, 0.5) is 9.93 Å². The highest BCUT2D eigenvalue weighted by Gasteiger charge is 2.26. The number of carbonyl (C=O) groups excluding carboxylic acids is 2. The number of hydrogen-bond donors (Lipinski definition) is 2. The highest BCUT2D eigenvalue weighted by atomic mass is 32.1. The molecule has 1 aromatic rings. The van der Waals surface area contributed by atoms with E-state index in [9.17, 15) is 9.59 Å². The molecule has 0 bridgehead atoms. The number of carbonyl (C=O) groups is 2. The molecule has 1 aliphatic carbocycles. The number of thiazole rings is 1. The molecule has 86 valence electrons. The fraction of sp³-hybridized carbons (Fsp3) is 0.500. The van der Waals surface area contributed by atoms with Crippen molar-refractivity contribution in [3.8, 4) is 0 Å². The largest absolute Gasteiger partial charge is 0.341 e. The first-order chi connectivity index (χ1) is 7.60. The van der Waals surface area contributed by atoms with E-state index in [-0.39, 0.29) is 11.8 Å². The molecule has 0 radical (unpaired) electrons. The number of aromatic nitrogens is 1. The van der Waals surface area contributed by atoms with Crippen LogP contribution in [0.2, 0.25) is 0 Å². The Morgan fingerprint density at radius 2 is 2.25 bits per heavy atom. The minimum absolute atomic E-state index is 0.135. The minimum atomic E-state index is -0.313. The maximum absolute atomic E-state index is 11.7. The van der Waals surface area contributed by atoms with E-state index in [1.54, 1.807) is 0 Å². The van der Waals surface area contributed by atoms with E-state index in [2.05, 4.69) is 15.6 Å². The van der Waals surface area contributed by atoms with Crippen molar-refractivity contribution in [2.75, 3.05) is 12.4 Å². The van der Waals surface area contributed by atoms with Gasteiger partial charge in [0.1, 0.15) is 0 Å². The standard InChI is InChI=1S/C10H13N3O2S/c1-5-3-6-8(7(14)4-5)16-10(12-6)13-9(15)11-2/h5H,3-4H2,1-2H3,(H2,11,12,13,15). The third kappa shape index (κ3) is 2.06. The van der Waals surface area contributed by atoms with Gasteiger partial charge < -0.3 is 5.32 Å². The Bertz CT molecular complexity index is 441. The highest BCUT2D eigenvalue weighted by molar-refractivity contribution is 7.17. The number of urea groups is 1.